The van der Waals surface area contributed by atoms with Crippen molar-refractivity contribution in [3.8, 4) is 11.6 Å². The van der Waals surface area contributed by atoms with Crippen LogP contribution in [0.5, 0.6) is 11.6 Å². The van der Waals surface area contributed by atoms with Crippen molar-refractivity contribution < 1.29 is 23.8 Å². The van der Waals surface area contributed by atoms with Gasteiger partial charge in [0, 0.05) is 61.8 Å². The molecule has 3 N–H and O–H groups in total. The molecule has 194 valence electrons. The molecular weight excluding hydrogens is 460 g/mol. The second-order valence-electron chi connectivity index (χ2n) is 10.00. The average Bonchev–Trinajstić information content (AvgIpc) is 3.54. The number of aromatic nitrogens is 1. The lowest BCUT2D eigenvalue weighted by Crippen LogP contribution is -2.50. The van der Waals surface area contributed by atoms with Crippen LogP contribution in [0, 0.1) is 0 Å². The first-order valence-corrected chi connectivity index (χ1v) is 12.9. The fourth-order valence-corrected chi connectivity index (χ4v) is 5.19. The number of aromatic amines is 1. The molecule has 0 spiro atoms. The Bertz CT molecular complexity index is 1110. The molecule has 1 aromatic carbocycles. The molecule has 0 radical (unpaired) electrons. The number of likely N-dealkylation sites (tertiary alicyclic amines) is 2. The largest absolute Gasteiger partial charge is 0.488 e. The van der Waals surface area contributed by atoms with E-state index in [2.05, 4.69) is 27.0 Å². The van der Waals surface area contributed by atoms with Gasteiger partial charge in [0.25, 0.3) is 0 Å². The fourth-order valence-electron chi connectivity index (χ4n) is 5.19. The van der Waals surface area contributed by atoms with Crippen LogP contribution >= 0.6 is 0 Å². The van der Waals surface area contributed by atoms with Crippen molar-refractivity contribution in [3.05, 3.63) is 48.4 Å². The lowest BCUT2D eigenvalue weighted by atomic mass is 10.0. The van der Waals surface area contributed by atoms with Crippen molar-refractivity contribution in [2.45, 2.75) is 57.4 Å². The summed E-state index contributed by atoms with van der Waals surface area (Å²) in [6.07, 6.45) is 6.24. The zero-order valence-electron chi connectivity index (χ0n) is 20.8. The number of fused-ring (bicyclic) bond motifs is 1. The second kappa shape index (κ2) is 11.4. The molecule has 9 nitrogen and oxygen atoms in total. The highest BCUT2D eigenvalue weighted by atomic mass is 16.6. The number of carbonyl (C=O) groups is 1. The van der Waals surface area contributed by atoms with Crippen molar-refractivity contribution in [3.63, 3.8) is 0 Å². The monoisotopic (exact) mass is 496 g/mol. The summed E-state index contributed by atoms with van der Waals surface area (Å²) < 4.78 is 16.6. The van der Waals surface area contributed by atoms with Crippen LogP contribution in [-0.4, -0.2) is 76.9 Å². The maximum atomic E-state index is 12.6. The topological polar surface area (TPSA) is 103 Å². The average molecular weight is 497 g/mol. The first-order valence-electron chi connectivity index (χ1n) is 12.9. The number of piperidine rings is 2. The number of furan rings is 1. The predicted octanol–water partition coefficient (Wildman–Crippen LogP) is 3.74. The normalized spacial score (nSPS) is 19.4. The Kier molecular flexibility index (Phi) is 7.79. The van der Waals surface area contributed by atoms with E-state index in [1.54, 1.807) is 18.6 Å². The van der Waals surface area contributed by atoms with E-state index in [0.717, 1.165) is 74.9 Å². The lowest BCUT2D eigenvalue weighted by molar-refractivity contribution is 0.0501. The molecular formula is C27H36N4O5. The number of carbonyl (C=O) groups excluding carboxylic acids is 1. The number of hydrogen-bond acceptors (Lipinski definition) is 7. The minimum atomic E-state index is -0.443. The number of rotatable bonds is 8. The Morgan fingerprint density at radius 2 is 2.00 bits per heavy atom. The number of hydrogen-bond donors (Lipinski definition) is 3. The molecule has 0 bridgehead atoms. The van der Waals surface area contributed by atoms with Gasteiger partial charge < -0.3 is 34.2 Å². The van der Waals surface area contributed by atoms with E-state index in [4.69, 9.17) is 13.9 Å². The summed E-state index contributed by atoms with van der Waals surface area (Å²) in [5.74, 6) is 1.10. The summed E-state index contributed by atoms with van der Waals surface area (Å²) in [5, 5.41) is 13.6. The van der Waals surface area contributed by atoms with E-state index in [9.17, 15) is 9.90 Å². The number of ether oxygens (including phenoxy) is 2. The molecule has 1 atom stereocenters. The van der Waals surface area contributed by atoms with Crippen LogP contribution in [0.3, 0.4) is 0 Å². The third-order valence-electron chi connectivity index (χ3n) is 7.33. The van der Waals surface area contributed by atoms with Gasteiger partial charge in [0.2, 0.25) is 5.88 Å². The van der Waals surface area contributed by atoms with Crippen molar-refractivity contribution in [1.82, 2.24) is 20.1 Å². The van der Waals surface area contributed by atoms with Gasteiger partial charge >= 0.3 is 6.09 Å². The quantitative estimate of drug-likeness (QED) is 0.437. The molecule has 5 rings (SSSR count). The summed E-state index contributed by atoms with van der Waals surface area (Å²) in [6.45, 7) is 7.54. The third kappa shape index (κ3) is 6.21. The minimum absolute atomic E-state index is 0.104. The molecule has 0 aliphatic carbocycles. The van der Waals surface area contributed by atoms with E-state index in [0.29, 0.717) is 24.3 Å². The molecule has 0 unspecified atom stereocenters. The Hall–Kier alpha value is -3.01. The Labute approximate surface area is 211 Å². The second-order valence-corrected chi connectivity index (χ2v) is 10.00. The van der Waals surface area contributed by atoms with Crippen LogP contribution in [0.2, 0.25) is 0 Å². The summed E-state index contributed by atoms with van der Waals surface area (Å²) in [6, 6.07) is 9.95. The predicted molar refractivity (Wildman–Crippen MR) is 136 cm³/mol. The first-order chi connectivity index (χ1) is 17.5. The van der Waals surface area contributed by atoms with Gasteiger partial charge in [-0.25, -0.2) is 4.79 Å². The van der Waals surface area contributed by atoms with Crippen LogP contribution < -0.4 is 14.8 Å². The zero-order chi connectivity index (χ0) is 24.9. The molecule has 3 aromatic rings. The van der Waals surface area contributed by atoms with Gasteiger partial charge in [-0.15, -0.1) is 0 Å². The number of nitrogens with zero attached hydrogens (tertiary/aromatic N) is 2. The number of benzene rings is 1. The molecule has 1 amide bonds. The van der Waals surface area contributed by atoms with Crippen LogP contribution in [0.4, 0.5) is 4.79 Å². The van der Waals surface area contributed by atoms with Gasteiger partial charge in [0.1, 0.15) is 12.4 Å². The first kappa shape index (κ1) is 24.7. The van der Waals surface area contributed by atoms with Crippen molar-refractivity contribution in [2.24, 2.45) is 0 Å². The minimum Gasteiger partial charge on any atom is -0.488 e. The van der Waals surface area contributed by atoms with Crippen molar-refractivity contribution in [2.75, 3.05) is 32.7 Å². The third-order valence-corrected chi connectivity index (χ3v) is 7.33. The maximum absolute atomic E-state index is 12.6. The van der Waals surface area contributed by atoms with Crippen LogP contribution in [0.25, 0.3) is 10.9 Å². The number of amides is 1. The van der Waals surface area contributed by atoms with Gasteiger partial charge in [-0.1, -0.05) is 6.07 Å². The van der Waals surface area contributed by atoms with E-state index in [-0.39, 0.29) is 12.1 Å². The van der Waals surface area contributed by atoms with Gasteiger partial charge in [-0.2, -0.15) is 0 Å². The summed E-state index contributed by atoms with van der Waals surface area (Å²) >= 11 is 0. The van der Waals surface area contributed by atoms with Crippen molar-refractivity contribution in [1.29, 1.82) is 0 Å². The smallest absolute Gasteiger partial charge is 0.414 e. The molecule has 4 heterocycles. The molecule has 9 heteroatoms. The molecule has 2 aliphatic rings. The Balaban J connectivity index is 1.08. The summed E-state index contributed by atoms with van der Waals surface area (Å²) in [4.78, 5) is 20.7. The van der Waals surface area contributed by atoms with Gasteiger partial charge in [-0.3, -0.25) is 4.90 Å². The van der Waals surface area contributed by atoms with E-state index in [1.165, 1.54) is 0 Å². The van der Waals surface area contributed by atoms with E-state index in [1.807, 2.05) is 24.3 Å². The standard InChI is InChI=1S/C27H36N4O5/c1-19(31-12-7-22(32)8-13-31)16-30-10-5-21(6-11-30)28-27(33)36-26-15-23-24(29-26)3-2-4-25(23)35-18-20-9-14-34-17-20/h2-4,9,14-15,17,19,21-22,29,32H,5-8,10-13,16,18H2,1H3,(H,28,33)/t19-/m0/s1. The van der Waals surface area contributed by atoms with Gasteiger partial charge in [0.05, 0.1) is 24.1 Å². The number of aliphatic hydroxyl groups excluding tert-OH is 1. The van der Waals surface area contributed by atoms with Crippen LogP contribution in [0.1, 0.15) is 38.2 Å². The molecule has 0 saturated carbocycles. The zero-order valence-corrected chi connectivity index (χ0v) is 20.8. The van der Waals surface area contributed by atoms with Gasteiger partial charge in [-0.05, 0) is 50.8 Å². The highest BCUT2D eigenvalue weighted by Gasteiger charge is 2.26. The SMILES string of the molecule is C[C@@H](CN1CCC(NC(=O)Oc2cc3c(OCc4ccoc4)cccc3[nH]2)CC1)N1CCC(O)CC1. The molecule has 2 aromatic heterocycles. The molecule has 2 aliphatic heterocycles. The summed E-state index contributed by atoms with van der Waals surface area (Å²) in [7, 11) is 0. The van der Waals surface area contributed by atoms with E-state index < -0.39 is 6.09 Å². The number of nitrogens with one attached hydrogen (secondary N) is 2. The van der Waals surface area contributed by atoms with E-state index >= 15 is 0 Å². The van der Waals surface area contributed by atoms with Crippen LogP contribution in [0.15, 0.2) is 47.3 Å². The highest BCUT2D eigenvalue weighted by molar-refractivity contribution is 5.88. The van der Waals surface area contributed by atoms with Crippen molar-refractivity contribution >= 4 is 17.0 Å². The van der Waals surface area contributed by atoms with Gasteiger partial charge in [0.15, 0.2) is 0 Å². The molecule has 2 fully saturated rings. The summed E-state index contributed by atoms with van der Waals surface area (Å²) in [5.41, 5.74) is 1.79. The lowest BCUT2D eigenvalue weighted by Gasteiger charge is -2.39. The Morgan fingerprint density at radius 1 is 1.19 bits per heavy atom. The fraction of sp³-hybridized carbons (Fsp3) is 0.519. The maximum Gasteiger partial charge on any atom is 0.414 e. The van der Waals surface area contributed by atoms with Crippen LogP contribution in [-0.2, 0) is 6.61 Å². The molecule has 36 heavy (non-hydrogen) atoms. The number of H-pyrrole nitrogens is 1. The number of aliphatic hydroxyl groups is 1. The molecule has 2 saturated heterocycles. The Morgan fingerprint density at radius 3 is 2.75 bits per heavy atom. The highest BCUT2D eigenvalue weighted by Crippen LogP contribution is 2.30.